The van der Waals surface area contributed by atoms with E-state index in [1.807, 2.05) is 18.3 Å². The van der Waals surface area contributed by atoms with Crippen LogP contribution in [0.1, 0.15) is 11.1 Å². The van der Waals surface area contributed by atoms with Gasteiger partial charge in [0.25, 0.3) is 0 Å². The molecule has 6 heteroatoms. The van der Waals surface area contributed by atoms with Gasteiger partial charge in [-0.05, 0) is 35.7 Å². The molecule has 0 fully saturated rings. The van der Waals surface area contributed by atoms with E-state index >= 15 is 0 Å². The molecular formula is C20H22FIN4. The molecule has 0 spiro atoms. The van der Waals surface area contributed by atoms with Crippen LogP contribution in [-0.4, -0.2) is 24.5 Å². The van der Waals surface area contributed by atoms with Crippen molar-refractivity contribution in [1.82, 2.24) is 15.6 Å². The molecule has 0 radical (unpaired) electrons. The molecule has 2 N–H and O–H groups in total. The quantitative estimate of drug-likeness (QED) is 0.342. The maximum absolute atomic E-state index is 12.9. The summed E-state index contributed by atoms with van der Waals surface area (Å²) in [7, 11) is 1.74. The number of nitrogens with one attached hydrogen (secondary N) is 2. The predicted molar refractivity (Wildman–Crippen MR) is 115 cm³/mol. The Morgan fingerprint density at radius 2 is 1.81 bits per heavy atom. The first kappa shape index (κ1) is 20.1. The Labute approximate surface area is 170 Å². The number of rotatable bonds is 5. The van der Waals surface area contributed by atoms with Crippen LogP contribution in [-0.2, 0) is 13.0 Å². The second kappa shape index (κ2) is 10.1. The van der Waals surface area contributed by atoms with Gasteiger partial charge < -0.3 is 10.6 Å². The number of para-hydroxylation sites is 1. The minimum atomic E-state index is -0.210. The zero-order valence-corrected chi connectivity index (χ0v) is 16.9. The second-order valence-electron chi connectivity index (χ2n) is 5.72. The third-order valence-electron chi connectivity index (χ3n) is 4.01. The molecular weight excluding hydrogens is 442 g/mol. The molecule has 0 saturated heterocycles. The fourth-order valence-corrected chi connectivity index (χ4v) is 2.69. The average Bonchev–Trinajstić information content (AvgIpc) is 2.66. The summed E-state index contributed by atoms with van der Waals surface area (Å²) in [6, 6.07) is 16.7. The molecule has 3 aromatic rings. The summed E-state index contributed by atoms with van der Waals surface area (Å²) in [5.74, 6) is 0.521. The highest BCUT2D eigenvalue weighted by atomic mass is 127. The highest BCUT2D eigenvalue weighted by Gasteiger charge is 2.03. The lowest BCUT2D eigenvalue weighted by Gasteiger charge is -2.13. The van der Waals surface area contributed by atoms with E-state index in [1.165, 1.54) is 12.1 Å². The van der Waals surface area contributed by atoms with Crippen LogP contribution in [0.25, 0.3) is 10.9 Å². The van der Waals surface area contributed by atoms with Crippen molar-refractivity contribution in [3.8, 4) is 0 Å². The van der Waals surface area contributed by atoms with Crippen molar-refractivity contribution in [2.75, 3.05) is 13.6 Å². The highest BCUT2D eigenvalue weighted by molar-refractivity contribution is 14.0. The third-order valence-corrected chi connectivity index (χ3v) is 4.01. The zero-order chi connectivity index (χ0) is 17.5. The van der Waals surface area contributed by atoms with Crippen LogP contribution in [0, 0.1) is 5.82 Å². The molecule has 136 valence electrons. The van der Waals surface area contributed by atoms with Gasteiger partial charge in [0.05, 0.1) is 5.52 Å². The Hall–Kier alpha value is -2.22. The van der Waals surface area contributed by atoms with E-state index in [0.717, 1.165) is 41.0 Å². The topological polar surface area (TPSA) is 49.3 Å². The van der Waals surface area contributed by atoms with Crippen molar-refractivity contribution in [3.63, 3.8) is 0 Å². The van der Waals surface area contributed by atoms with Crippen molar-refractivity contribution in [1.29, 1.82) is 0 Å². The first-order chi connectivity index (χ1) is 12.3. The summed E-state index contributed by atoms with van der Waals surface area (Å²) >= 11 is 0. The molecule has 1 heterocycles. The van der Waals surface area contributed by atoms with E-state index in [2.05, 4.69) is 38.8 Å². The van der Waals surface area contributed by atoms with Crippen molar-refractivity contribution >= 4 is 40.8 Å². The second-order valence-corrected chi connectivity index (χ2v) is 5.72. The van der Waals surface area contributed by atoms with Gasteiger partial charge in [-0.25, -0.2) is 4.39 Å². The fraction of sp³-hybridized carbons (Fsp3) is 0.200. The van der Waals surface area contributed by atoms with E-state index < -0.39 is 0 Å². The minimum absolute atomic E-state index is 0. The van der Waals surface area contributed by atoms with Crippen LogP contribution in [0.15, 0.2) is 65.8 Å². The lowest BCUT2D eigenvalue weighted by Crippen LogP contribution is -2.37. The lowest BCUT2D eigenvalue weighted by molar-refractivity contribution is 0.626. The maximum atomic E-state index is 12.9. The first-order valence-electron chi connectivity index (χ1n) is 8.28. The fourth-order valence-electron chi connectivity index (χ4n) is 2.69. The van der Waals surface area contributed by atoms with Gasteiger partial charge in [-0.3, -0.25) is 9.98 Å². The highest BCUT2D eigenvalue weighted by Crippen LogP contribution is 2.15. The number of aliphatic imine (C=N–C) groups is 1. The summed E-state index contributed by atoms with van der Waals surface area (Å²) in [5, 5.41) is 7.71. The molecule has 0 aliphatic heterocycles. The number of nitrogens with zero attached hydrogens (tertiary/aromatic N) is 2. The van der Waals surface area contributed by atoms with E-state index in [1.54, 1.807) is 19.2 Å². The Morgan fingerprint density at radius 1 is 1.04 bits per heavy atom. The normalized spacial score (nSPS) is 11.1. The van der Waals surface area contributed by atoms with E-state index in [9.17, 15) is 4.39 Å². The third kappa shape index (κ3) is 5.39. The van der Waals surface area contributed by atoms with Crippen LogP contribution in [0.3, 0.4) is 0 Å². The zero-order valence-electron chi connectivity index (χ0n) is 14.6. The van der Waals surface area contributed by atoms with Gasteiger partial charge in [-0.1, -0.05) is 36.4 Å². The van der Waals surface area contributed by atoms with Gasteiger partial charge in [-0.2, -0.15) is 0 Å². The van der Waals surface area contributed by atoms with Crippen LogP contribution in [0.4, 0.5) is 4.39 Å². The smallest absolute Gasteiger partial charge is 0.191 e. The molecule has 1 aromatic heterocycles. The maximum Gasteiger partial charge on any atom is 0.191 e. The Balaban J connectivity index is 0.00000243. The summed E-state index contributed by atoms with van der Waals surface area (Å²) in [5.41, 5.74) is 3.21. The number of hydrogen-bond acceptors (Lipinski definition) is 2. The molecule has 0 atom stereocenters. The molecule has 2 aromatic carbocycles. The number of aromatic nitrogens is 1. The van der Waals surface area contributed by atoms with Gasteiger partial charge in [0.1, 0.15) is 5.82 Å². The van der Waals surface area contributed by atoms with Crippen molar-refractivity contribution in [2.24, 2.45) is 4.99 Å². The molecule has 0 amide bonds. The molecule has 3 rings (SSSR count). The number of hydrogen-bond donors (Lipinski definition) is 2. The molecule has 0 saturated carbocycles. The molecule has 0 unspecified atom stereocenters. The van der Waals surface area contributed by atoms with Crippen LogP contribution >= 0.6 is 24.0 Å². The first-order valence-corrected chi connectivity index (χ1v) is 8.28. The Kier molecular flexibility index (Phi) is 7.77. The van der Waals surface area contributed by atoms with Crippen molar-refractivity contribution in [2.45, 2.75) is 13.0 Å². The number of pyridine rings is 1. The van der Waals surface area contributed by atoms with Crippen molar-refractivity contribution in [3.05, 3.63) is 77.7 Å². The van der Waals surface area contributed by atoms with Gasteiger partial charge >= 0.3 is 0 Å². The minimum Gasteiger partial charge on any atom is -0.356 e. The Bertz CT molecular complexity index is 860. The summed E-state index contributed by atoms with van der Waals surface area (Å²) in [6.45, 7) is 1.36. The molecule has 26 heavy (non-hydrogen) atoms. The molecule has 0 aliphatic carbocycles. The van der Waals surface area contributed by atoms with E-state index in [4.69, 9.17) is 0 Å². The van der Waals surface area contributed by atoms with Crippen molar-refractivity contribution < 1.29 is 4.39 Å². The van der Waals surface area contributed by atoms with Crippen LogP contribution < -0.4 is 10.6 Å². The van der Waals surface area contributed by atoms with E-state index in [-0.39, 0.29) is 29.8 Å². The lowest BCUT2D eigenvalue weighted by atomic mass is 10.1. The molecule has 0 bridgehead atoms. The van der Waals surface area contributed by atoms with Gasteiger partial charge in [0.15, 0.2) is 5.96 Å². The SMILES string of the molecule is CN=C(NCCc1ccc(F)cc1)NCc1cccc2cccnc12.I. The van der Waals surface area contributed by atoms with E-state index in [0.29, 0.717) is 6.54 Å². The molecule has 4 nitrogen and oxygen atoms in total. The van der Waals surface area contributed by atoms with Gasteiger partial charge in [0, 0.05) is 31.7 Å². The summed E-state index contributed by atoms with van der Waals surface area (Å²) < 4.78 is 12.9. The monoisotopic (exact) mass is 464 g/mol. The number of halogens is 2. The Morgan fingerprint density at radius 3 is 2.58 bits per heavy atom. The predicted octanol–water partition coefficient (Wildman–Crippen LogP) is 3.90. The number of benzene rings is 2. The van der Waals surface area contributed by atoms with Crippen LogP contribution in [0.5, 0.6) is 0 Å². The van der Waals surface area contributed by atoms with Crippen LogP contribution in [0.2, 0.25) is 0 Å². The number of fused-ring (bicyclic) bond motifs is 1. The largest absolute Gasteiger partial charge is 0.356 e. The number of guanidine groups is 1. The summed E-state index contributed by atoms with van der Waals surface area (Å²) in [6.07, 6.45) is 2.61. The average molecular weight is 464 g/mol. The van der Waals surface area contributed by atoms with Gasteiger partial charge in [0.2, 0.25) is 0 Å². The summed E-state index contributed by atoms with van der Waals surface area (Å²) in [4.78, 5) is 8.71. The standard InChI is InChI=1S/C20H21FN4.HI/c1-22-20(24-13-11-15-7-9-18(21)10-8-15)25-14-17-5-2-4-16-6-3-12-23-19(16)17;/h2-10,12H,11,13-14H2,1H3,(H2,22,24,25);1H. The van der Waals surface area contributed by atoms with Gasteiger partial charge in [-0.15, -0.1) is 24.0 Å². The molecule has 0 aliphatic rings.